The second kappa shape index (κ2) is 9.44. The molecule has 4 aromatic heterocycles. The Morgan fingerprint density at radius 2 is 2.00 bits per heavy atom. The smallest absolute Gasteiger partial charge is 0.255 e. The second-order valence-corrected chi connectivity index (χ2v) is 9.09. The molecule has 8 heteroatoms. The summed E-state index contributed by atoms with van der Waals surface area (Å²) in [5.41, 5.74) is 3.65. The monoisotopic (exact) mass is 471 g/mol. The topological polar surface area (TPSA) is 82.7 Å². The molecule has 0 saturated carbocycles. The highest BCUT2D eigenvalue weighted by atomic mass is 32.1. The minimum absolute atomic E-state index is 0.234. The van der Waals surface area contributed by atoms with E-state index >= 15 is 0 Å². The standard InChI is InChI=1S/C26H22FN5OS/c1-16-4-5-17(11-22(16)27)13-32-26(33)21-3-2-9-28-25(21)31-15-20-6-7-23(34-20)19-12-18-8-10-29-24(18)30-14-19/h2-12,14H,13,15H2,1H3,(H,28,31)(H,29,30)(H,32,33). The van der Waals surface area contributed by atoms with Crippen LogP contribution in [0.1, 0.15) is 26.4 Å². The number of nitrogens with zero attached hydrogens (tertiary/aromatic N) is 2. The van der Waals surface area contributed by atoms with Gasteiger partial charge in [-0.3, -0.25) is 4.79 Å². The third-order valence-electron chi connectivity index (χ3n) is 5.52. The maximum atomic E-state index is 13.8. The molecule has 0 spiro atoms. The van der Waals surface area contributed by atoms with E-state index in [-0.39, 0.29) is 18.3 Å². The summed E-state index contributed by atoms with van der Waals surface area (Å²) in [7, 11) is 0. The van der Waals surface area contributed by atoms with E-state index < -0.39 is 0 Å². The molecule has 170 valence electrons. The fraction of sp³-hybridized carbons (Fsp3) is 0.115. The number of carbonyl (C=O) groups excluding carboxylic acids is 1. The van der Waals surface area contributed by atoms with Crippen molar-refractivity contribution in [1.29, 1.82) is 0 Å². The van der Waals surface area contributed by atoms with Gasteiger partial charge >= 0.3 is 0 Å². The number of amides is 1. The van der Waals surface area contributed by atoms with E-state index in [1.165, 1.54) is 6.07 Å². The summed E-state index contributed by atoms with van der Waals surface area (Å²) in [5, 5.41) is 7.19. The van der Waals surface area contributed by atoms with Gasteiger partial charge in [0.05, 0.1) is 12.1 Å². The average molecular weight is 472 g/mol. The Balaban J connectivity index is 1.25. The van der Waals surface area contributed by atoms with Gasteiger partial charge in [0.2, 0.25) is 0 Å². The van der Waals surface area contributed by atoms with Gasteiger partial charge in [0.1, 0.15) is 17.3 Å². The van der Waals surface area contributed by atoms with Crippen molar-refractivity contribution in [3.05, 3.63) is 101 Å². The number of aromatic nitrogens is 3. The molecule has 1 aromatic carbocycles. The number of pyridine rings is 2. The van der Waals surface area contributed by atoms with Gasteiger partial charge < -0.3 is 15.6 Å². The summed E-state index contributed by atoms with van der Waals surface area (Å²) in [5.74, 6) is -0.0515. The number of benzene rings is 1. The summed E-state index contributed by atoms with van der Waals surface area (Å²) >= 11 is 1.66. The van der Waals surface area contributed by atoms with Crippen LogP contribution >= 0.6 is 11.3 Å². The molecule has 0 aliphatic rings. The molecule has 5 aromatic rings. The fourth-order valence-corrected chi connectivity index (χ4v) is 4.56. The molecule has 0 fully saturated rings. The van der Waals surface area contributed by atoms with Gasteiger partial charge in [-0.05, 0) is 60.5 Å². The minimum atomic E-state index is -0.283. The van der Waals surface area contributed by atoms with E-state index in [2.05, 4.69) is 43.8 Å². The number of rotatable bonds is 7. The zero-order chi connectivity index (χ0) is 23.5. The first-order valence-corrected chi connectivity index (χ1v) is 11.6. The maximum Gasteiger partial charge on any atom is 0.255 e. The first-order valence-electron chi connectivity index (χ1n) is 10.8. The van der Waals surface area contributed by atoms with E-state index in [1.807, 2.05) is 18.5 Å². The lowest BCUT2D eigenvalue weighted by atomic mass is 10.1. The molecule has 6 nitrogen and oxygen atoms in total. The van der Waals surface area contributed by atoms with Crippen LogP contribution < -0.4 is 10.6 Å². The third-order valence-corrected chi connectivity index (χ3v) is 6.65. The Hall–Kier alpha value is -4.04. The Labute approximate surface area is 199 Å². The average Bonchev–Trinajstić information content (AvgIpc) is 3.52. The highest BCUT2D eigenvalue weighted by Gasteiger charge is 2.13. The van der Waals surface area contributed by atoms with Crippen LogP contribution in [0.4, 0.5) is 10.2 Å². The first kappa shape index (κ1) is 21.8. The van der Waals surface area contributed by atoms with E-state index in [0.717, 1.165) is 26.4 Å². The third kappa shape index (κ3) is 4.67. The van der Waals surface area contributed by atoms with Crippen molar-refractivity contribution in [3.8, 4) is 10.4 Å². The van der Waals surface area contributed by atoms with Crippen molar-refractivity contribution >= 4 is 34.1 Å². The van der Waals surface area contributed by atoms with Crippen LogP contribution in [0, 0.1) is 12.7 Å². The molecule has 0 radical (unpaired) electrons. The maximum absolute atomic E-state index is 13.8. The zero-order valence-corrected chi connectivity index (χ0v) is 19.2. The van der Waals surface area contributed by atoms with Gasteiger partial charge in [-0.15, -0.1) is 11.3 Å². The van der Waals surface area contributed by atoms with Crippen LogP contribution in [0.25, 0.3) is 21.5 Å². The van der Waals surface area contributed by atoms with Crippen LogP contribution in [0.2, 0.25) is 0 Å². The van der Waals surface area contributed by atoms with E-state index in [1.54, 1.807) is 48.7 Å². The van der Waals surface area contributed by atoms with Crippen LogP contribution in [0.15, 0.2) is 73.2 Å². The van der Waals surface area contributed by atoms with E-state index in [4.69, 9.17) is 0 Å². The number of nitrogens with one attached hydrogen (secondary N) is 3. The van der Waals surface area contributed by atoms with Crippen LogP contribution in [0.3, 0.4) is 0 Å². The molecule has 3 N–H and O–H groups in total. The van der Waals surface area contributed by atoms with Crippen molar-refractivity contribution in [2.24, 2.45) is 0 Å². The molecular formula is C26H22FN5OS. The summed E-state index contributed by atoms with van der Waals surface area (Å²) in [6.45, 7) is 2.47. The van der Waals surface area contributed by atoms with Gasteiger partial charge in [-0.2, -0.15) is 0 Å². The lowest BCUT2D eigenvalue weighted by Crippen LogP contribution is -2.24. The van der Waals surface area contributed by atoms with Crippen LogP contribution in [-0.4, -0.2) is 20.9 Å². The predicted octanol–water partition coefficient (Wildman–Crippen LogP) is 5.68. The van der Waals surface area contributed by atoms with Crippen molar-refractivity contribution in [1.82, 2.24) is 20.3 Å². The molecule has 0 aliphatic carbocycles. The van der Waals surface area contributed by atoms with Crippen LogP contribution in [0.5, 0.6) is 0 Å². The zero-order valence-electron chi connectivity index (χ0n) is 18.4. The van der Waals surface area contributed by atoms with Gasteiger partial charge in [0.15, 0.2) is 0 Å². The van der Waals surface area contributed by atoms with E-state index in [0.29, 0.717) is 29.1 Å². The molecule has 0 aliphatic heterocycles. The fourth-order valence-electron chi connectivity index (χ4n) is 3.63. The Morgan fingerprint density at radius 1 is 1.09 bits per heavy atom. The molecule has 34 heavy (non-hydrogen) atoms. The lowest BCUT2D eigenvalue weighted by Gasteiger charge is -2.11. The molecule has 4 heterocycles. The first-order chi connectivity index (χ1) is 16.6. The summed E-state index contributed by atoms with van der Waals surface area (Å²) in [6, 6.07) is 16.6. The summed E-state index contributed by atoms with van der Waals surface area (Å²) in [4.78, 5) is 26.9. The minimum Gasteiger partial charge on any atom is -0.365 e. The van der Waals surface area contributed by atoms with Crippen molar-refractivity contribution in [3.63, 3.8) is 0 Å². The summed E-state index contributed by atoms with van der Waals surface area (Å²) < 4.78 is 13.8. The summed E-state index contributed by atoms with van der Waals surface area (Å²) in [6.07, 6.45) is 5.39. The SMILES string of the molecule is Cc1ccc(CNC(=O)c2cccnc2NCc2ccc(-c3cnc4[nH]ccc4c3)s2)cc1F. The number of carbonyl (C=O) groups is 1. The number of hydrogen-bond acceptors (Lipinski definition) is 5. The molecule has 5 rings (SSSR count). The molecule has 0 saturated heterocycles. The number of thiophene rings is 1. The number of hydrogen-bond donors (Lipinski definition) is 3. The molecule has 1 amide bonds. The van der Waals surface area contributed by atoms with Gasteiger partial charge in [0, 0.05) is 45.8 Å². The number of fused-ring (bicyclic) bond motifs is 1. The van der Waals surface area contributed by atoms with E-state index in [9.17, 15) is 9.18 Å². The number of aromatic amines is 1. The Kier molecular flexibility index (Phi) is 6.05. The highest BCUT2D eigenvalue weighted by molar-refractivity contribution is 7.15. The Bertz CT molecular complexity index is 1480. The second-order valence-electron chi connectivity index (χ2n) is 7.92. The molecular weight excluding hydrogens is 449 g/mol. The number of anilines is 1. The Morgan fingerprint density at radius 3 is 2.88 bits per heavy atom. The predicted molar refractivity (Wildman–Crippen MR) is 133 cm³/mol. The molecule has 0 unspecified atom stereocenters. The van der Waals surface area contributed by atoms with Gasteiger partial charge in [0.25, 0.3) is 5.91 Å². The quantitative estimate of drug-likeness (QED) is 0.285. The van der Waals surface area contributed by atoms with Crippen molar-refractivity contribution in [2.45, 2.75) is 20.0 Å². The van der Waals surface area contributed by atoms with Gasteiger partial charge in [-0.1, -0.05) is 12.1 Å². The highest BCUT2D eigenvalue weighted by Crippen LogP contribution is 2.30. The number of halogens is 1. The normalized spacial score (nSPS) is 11.0. The van der Waals surface area contributed by atoms with Crippen molar-refractivity contribution in [2.75, 3.05) is 5.32 Å². The molecule has 0 bridgehead atoms. The molecule has 0 atom stereocenters. The number of aryl methyl sites for hydroxylation is 1. The van der Waals surface area contributed by atoms with Crippen molar-refractivity contribution < 1.29 is 9.18 Å². The lowest BCUT2D eigenvalue weighted by molar-refractivity contribution is 0.0951. The largest absolute Gasteiger partial charge is 0.365 e. The number of H-pyrrole nitrogens is 1. The van der Waals surface area contributed by atoms with Crippen LogP contribution in [-0.2, 0) is 13.1 Å². The van der Waals surface area contributed by atoms with Gasteiger partial charge in [-0.25, -0.2) is 14.4 Å².